The van der Waals surface area contributed by atoms with Gasteiger partial charge in [0.2, 0.25) is 12.5 Å². The predicted molar refractivity (Wildman–Crippen MR) is 98.5 cm³/mol. The average molecular weight is 400 g/mol. The lowest BCUT2D eigenvalue weighted by Gasteiger charge is -2.37. The Hall–Kier alpha value is -3.13. The second-order valence-electron chi connectivity index (χ2n) is 7.35. The molecule has 2 aliphatic heterocycles. The third kappa shape index (κ3) is 2.52. The highest BCUT2D eigenvalue weighted by Crippen LogP contribution is 2.55. The van der Waals surface area contributed by atoms with Crippen molar-refractivity contribution in [3.8, 4) is 28.7 Å². The Morgan fingerprint density at radius 3 is 2.21 bits per heavy atom. The number of fused-ring (bicyclic) bond motifs is 3. The van der Waals surface area contributed by atoms with E-state index in [9.17, 15) is 15.0 Å². The highest BCUT2D eigenvalue weighted by atomic mass is 16.7. The fraction of sp³-hybridized carbons (Fsp3) is 0.381. The molecule has 0 amide bonds. The van der Waals surface area contributed by atoms with Crippen molar-refractivity contribution in [1.29, 1.82) is 0 Å². The molecule has 0 aromatic heterocycles. The lowest BCUT2D eigenvalue weighted by molar-refractivity contribution is -0.141. The zero-order chi connectivity index (χ0) is 20.3. The molecule has 1 fully saturated rings. The second-order valence-corrected chi connectivity index (χ2v) is 7.35. The fourth-order valence-electron chi connectivity index (χ4n) is 4.63. The van der Waals surface area contributed by atoms with Gasteiger partial charge in [-0.1, -0.05) is 0 Å². The number of carbonyl (C=O) groups excluding carboxylic acids is 1. The van der Waals surface area contributed by atoms with E-state index in [0.717, 1.165) is 5.56 Å². The van der Waals surface area contributed by atoms with Gasteiger partial charge in [0.15, 0.2) is 23.0 Å². The molecule has 2 N–H and O–H groups in total. The Morgan fingerprint density at radius 1 is 0.966 bits per heavy atom. The van der Waals surface area contributed by atoms with Crippen LogP contribution in [0.4, 0.5) is 0 Å². The van der Waals surface area contributed by atoms with E-state index in [-0.39, 0.29) is 36.6 Å². The zero-order valence-electron chi connectivity index (χ0n) is 15.9. The Kier molecular flexibility index (Phi) is 3.99. The maximum atomic E-state index is 12.7. The van der Waals surface area contributed by atoms with Crippen LogP contribution in [0, 0.1) is 11.8 Å². The van der Waals surface area contributed by atoms with Gasteiger partial charge in [-0.15, -0.1) is 0 Å². The molecular weight excluding hydrogens is 380 g/mol. The van der Waals surface area contributed by atoms with Gasteiger partial charge in [-0.25, -0.2) is 0 Å². The third-order valence-electron chi connectivity index (χ3n) is 6.01. The van der Waals surface area contributed by atoms with E-state index in [1.807, 2.05) is 0 Å². The van der Waals surface area contributed by atoms with E-state index < -0.39 is 23.9 Å². The number of cyclic esters (lactones) is 1. The Morgan fingerprint density at radius 2 is 1.59 bits per heavy atom. The van der Waals surface area contributed by atoms with Gasteiger partial charge in [-0.3, -0.25) is 4.79 Å². The predicted octanol–water partition coefficient (Wildman–Crippen LogP) is 2.11. The topological polar surface area (TPSA) is 104 Å². The summed E-state index contributed by atoms with van der Waals surface area (Å²) in [7, 11) is 2.89. The van der Waals surface area contributed by atoms with Crippen molar-refractivity contribution in [3.05, 3.63) is 41.0 Å². The van der Waals surface area contributed by atoms with Gasteiger partial charge >= 0.3 is 5.97 Å². The van der Waals surface area contributed by atoms with Crippen molar-refractivity contribution in [2.45, 2.75) is 12.0 Å². The minimum Gasteiger partial charge on any atom is -0.502 e. The fourth-order valence-corrected chi connectivity index (χ4v) is 4.63. The van der Waals surface area contributed by atoms with Crippen LogP contribution in [0.5, 0.6) is 28.7 Å². The molecule has 8 nitrogen and oxygen atoms in total. The van der Waals surface area contributed by atoms with Gasteiger partial charge in [0.25, 0.3) is 0 Å². The van der Waals surface area contributed by atoms with E-state index in [4.69, 9.17) is 23.7 Å². The summed E-state index contributed by atoms with van der Waals surface area (Å²) in [6, 6.07) is 6.93. The minimum absolute atomic E-state index is 0.106. The van der Waals surface area contributed by atoms with Crippen molar-refractivity contribution in [2.75, 3.05) is 27.6 Å². The van der Waals surface area contributed by atoms with Gasteiger partial charge in [0.05, 0.1) is 32.8 Å². The molecule has 1 unspecified atom stereocenters. The van der Waals surface area contributed by atoms with Crippen molar-refractivity contribution >= 4 is 5.97 Å². The Labute approximate surface area is 166 Å². The number of rotatable bonds is 3. The number of phenols is 1. The molecule has 0 spiro atoms. The minimum atomic E-state index is -0.867. The Bertz CT molecular complexity index is 975. The highest BCUT2D eigenvalue weighted by Gasteiger charge is 2.52. The molecule has 8 heteroatoms. The number of hydrogen-bond donors (Lipinski definition) is 2. The molecule has 5 rings (SSSR count). The van der Waals surface area contributed by atoms with Crippen molar-refractivity contribution < 1.29 is 38.7 Å². The third-order valence-corrected chi connectivity index (χ3v) is 6.01. The molecule has 4 atom stereocenters. The summed E-state index contributed by atoms with van der Waals surface area (Å²) in [6.07, 6.45) is -0.867. The zero-order valence-corrected chi connectivity index (χ0v) is 15.9. The van der Waals surface area contributed by atoms with E-state index in [1.165, 1.54) is 14.2 Å². The number of phenolic OH excluding ortho intramolecular Hbond substituents is 1. The smallest absolute Gasteiger partial charge is 0.310 e. The van der Waals surface area contributed by atoms with E-state index in [1.54, 1.807) is 24.3 Å². The molecule has 0 radical (unpaired) electrons. The van der Waals surface area contributed by atoms with Crippen LogP contribution < -0.4 is 18.9 Å². The molecule has 0 saturated carbocycles. The van der Waals surface area contributed by atoms with Gasteiger partial charge in [-0.05, 0) is 41.0 Å². The van der Waals surface area contributed by atoms with Crippen LogP contribution in [0.15, 0.2) is 24.3 Å². The van der Waals surface area contributed by atoms with Crippen LogP contribution in [0.25, 0.3) is 0 Å². The standard InChI is InChI=1S/C21H20O8/c1-25-15-3-9(4-16(26-2)20(15)23)17-10-5-13-14(29-8-28-13)6-11(10)19(22)12-7-27-21(24)18(12)17/h3-6,12,17-19,22-23H,7-8H2,1-2H3/t12?,17-,18+,19-/m0/s1. The molecule has 1 saturated heterocycles. The van der Waals surface area contributed by atoms with Crippen LogP contribution in [-0.4, -0.2) is 43.8 Å². The van der Waals surface area contributed by atoms with Crippen LogP contribution in [0.1, 0.15) is 28.7 Å². The summed E-state index contributed by atoms with van der Waals surface area (Å²) in [5.41, 5.74) is 2.12. The van der Waals surface area contributed by atoms with Gasteiger partial charge in [0.1, 0.15) is 0 Å². The first-order valence-electron chi connectivity index (χ1n) is 9.26. The quantitative estimate of drug-likeness (QED) is 0.755. The van der Waals surface area contributed by atoms with Crippen LogP contribution in [-0.2, 0) is 9.53 Å². The van der Waals surface area contributed by atoms with Crippen LogP contribution in [0.3, 0.4) is 0 Å². The number of methoxy groups -OCH3 is 2. The first kappa shape index (κ1) is 17.9. The summed E-state index contributed by atoms with van der Waals surface area (Å²) >= 11 is 0. The first-order valence-corrected chi connectivity index (χ1v) is 9.26. The molecule has 2 aromatic carbocycles. The SMILES string of the molecule is COc1cc([C@H]2c3cc4c(cc3[C@H](O)C3COC(=O)[C@H]32)OCO4)cc(OC)c1O. The highest BCUT2D eigenvalue weighted by molar-refractivity contribution is 5.79. The van der Waals surface area contributed by atoms with Crippen LogP contribution >= 0.6 is 0 Å². The maximum absolute atomic E-state index is 12.7. The molecule has 2 heterocycles. The number of aliphatic hydroxyl groups excluding tert-OH is 1. The monoisotopic (exact) mass is 400 g/mol. The molecule has 1 aliphatic carbocycles. The van der Waals surface area contributed by atoms with Gasteiger partial charge in [-0.2, -0.15) is 0 Å². The van der Waals surface area contributed by atoms with Crippen LogP contribution in [0.2, 0.25) is 0 Å². The summed E-state index contributed by atoms with van der Waals surface area (Å²) in [5, 5.41) is 21.3. The summed E-state index contributed by atoms with van der Waals surface area (Å²) in [5.74, 6) is -0.324. The van der Waals surface area contributed by atoms with Crippen molar-refractivity contribution in [2.24, 2.45) is 11.8 Å². The number of hydrogen-bond acceptors (Lipinski definition) is 8. The van der Waals surface area contributed by atoms with Gasteiger partial charge < -0.3 is 33.9 Å². The molecule has 29 heavy (non-hydrogen) atoms. The molecular formula is C21H20O8. The number of carbonyl (C=O) groups is 1. The number of benzene rings is 2. The summed E-state index contributed by atoms with van der Waals surface area (Å²) in [6.45, 7) is 0.246. The molecule has 3 aliphatic rings. The number of aliphatic hydroxyl groups is 1. The van der Waals surface area contributed by atoms with E-state index in [0.29, 0.717) is 22.6 Å². The van der Waals surface area contributed by atoms with Gasteiger partial charge in [0, 0.05) is 11.8 Å². The summed E-state index contributed by atoms with van der Waals surface area (Å²) < 4.78 is 26.9. The number of esters is 1. The van der Waals surface area contributed by atoms with E-state index in [2.05, 4.69) is 0 Å². The molecule has 0 bridgehead atoms. The molecule has 152 valence electrons. The lowest BCUT2D eigenvalue weighted by Crippen LogP contribution is -2.34. The van der Waals surface area contributed by atoms with E-state index >= 15 is 0 Å². The molecule has 2 aromatic rings. The first-order chi connectivity index (χ1) is 14.0. The average Bonchev–Trinajstić information content (AvgIpc) is 3.34. The number of aromatic hydroxyl groups is 1. The lowest BCUT2D eigenvalue weighted by atomic mass is 9.66. The maximum Gasteiger partial charge on any atom is 0.310 e. The largest absolute Gasteiger partial charge is 0.502 e. The van der Waals surface area contributed by atoms with Crippen molar-refractivity contribution in [1.82, 2.24) is 0 Å². The second kappa shape index (κ2) is 6.45. The normalized spacial score (nSPS) is 26.5. The number of ether oxygens (including phenoxy) is 5. The summed E-state index contributed by atoms with van der Waals surface area (Å²) in [4.78, 5) is 12.7. The van der Waals surface area contributed by atoms with Crippen molar-refractivity contribution in [3.63, 3.8) is 0 Å². The Balaban J connectivity index is 1.75.